The van der Waals surface area contributed by atoms with Crippen LogP contribution in [0.2, 0.25) is 5.02 Å². The molecule has 3 aromatic rings. The van der Waals surface area contributed by atoms with Gasteiger partial charge >= 0.3 is 0 Å². The largest absolute Gasteiger partial charge is 0.484 e. The number of piperidine rings is 1. The van der Waals surface area contributed by atoms with Crippen molar-refractivity contribution < 1.29 is 9.53 Å². The van der Waals surface area contributed by atoms with Crippen LogP contribution in [0, 0.1) is 6.92 Å². The van der Waals surface area contributed by atoms with E-state index in [9.17, 15) is 4.79 Å². The minimum atomic E-state index is -0.300. The molecular weight excluding hydrogens is 428 g/mol. The van der Waals surface area contributed by atoms with Crippen molar-refractivity contribution in [3.8, 4) is 5.75 Å². The molecule has 32 heavy (non-hydrogen) atoms. The first-order valence-corrected chi connectivity index (χ1v) is 11.0. The van der Waals surface area contributed by atoms with E-state index in [1.807, 2.05) is 13.0 Å². The summed E-state index contributed by atoms with van der Waals surface area (Å²) in [5.41, 5.74) is 2.22. The van der Waals surface area contributed by atoms with Crippen molar-refractivity contribution >= 4 is 40.3 Å². The van der Waals surface area contributed by atoms with Crippen LogP contribution in [-0.2, 0) is 4.79 Å². The molecule has 0 unspecified atom stereocenters. The highest BCUT2D eigenvalue weighted by Crippen LogP contribution is 2.23. The van der Waals surface area contributed by atoms with Crippen molar-refractivity contribution in [3.05, 3.63) is 47.1 Å². The zero-order chi connectivity index (χ0) is 22.7. The lowest BCUT2D eigenvalue weighted by molar-refractivity contribution is -0.118. The van der Waals surface area contributed by atoms with Crippen LogP contribution in [0.1, 0.15) is 18.5 Å². The molecule has 3 heterocycles. The van der Waals surface area contributed by atoms with Crippen LogP contribution >= 0.6 is 11.6 Å². The number of ether oxygens (including phenoxy) is 1. The van der Waals surface area contributed by atoms with Crippen LogP contribution in [0.25, 0.3) is 11.0 Å². The molecule has 1 aromatic carbocycles. The molecule has 1 N–H and O–H groups in total. The van der Waals surface area contributed by atoms with Gasteiger partial charge in [0, 0.05) is 24.2 Å². The quantitative estimate of drug-likeness (QED) is 0.609. The molecule has 9 heteroatoms. The van der Waals surface area contributed by atoms with Crippen molar-refractivity contribution in [3.63, 3.8) is 0 Å². The third-order valence-electron chi connectivity index (χ3n) is 5.63. The highest BCUT2D eigenvalue weighted by molar-refractivity contribution is 6.30. The average Bonchev–Trinajstić information content (AvgIpc) is 2.79. The minimum absolute atomic E-state index is 0.126. The summed E-state index contributed by atoms with van der Waals surface area (Å²) in [5, 5.41) is 3.38. The molecular formula is C23H27ClN6O2. The Morgan fingerprint density at radius 3 is 2.53 bits per heavy atom. The van der Waals surface area contributed by atoms with Gasteiger partial charge in [0.05, 0.1) is 11.2 Å². The lowest BCUT2D eigenvalue weighted by Crippen LogP contribution is -2.42. The molecule has 1 amide bonds. The van der Waals surface area contributed by atoms with E-state index in [0.717, 1.165) is 43.1 Å². The molecule has 0 saturated carbocycles. The number of carbonyl (C=O) groups is 1. The number of aryl methyl sites for hydroxylation is 1. The number of anilines is 2. The first kappa shape index (κ1) is 22.2. The van der Waals surface area contributed by atoms with E-state index < -0.39 is 0 Å². The molecule has 0 bridgehead atoms. The number of carbonyl (C=O) groups excluding carboxylic acids is 1. The molecule has 0 radical (unpaired) electrons. The van der Waals surface area contributed by atoms with Gasteiger partial charge in [-0.1, -0.05) is 11.6 Å². The molecule has 1 fully saturated rings. The van der Waals surface area contributed by atoms with Crippen LogP contribution in [0.3, 0.4) is 0 Å². The number of fused-ring (bicyclic) bond motifs is 1. The Kier molecular flexibility index (Phi) is 6.72. The van der Waals surface area contributed by atoms with Crippen molar-refractivity contribution in [2.75, 3.05) is 44.0 Å². The molecule has 2 aromatic heterocycles. The van der Waals surface area contributed by atoms with E-state index in [1.54, 1.807) is 30.3 Å². The van der Waals surface area contributed by atoms with Crippen LogP contribution in [0.5, 0.6) is 5.75 Å². The summed E-state index contributed by atoms with van der Waals surface area (Å²) >= 11 is 5.86. The highest BCUT2D eigenvalue weighted by atomic mass is 35.5. The maximum atomic E-state index is 12.3. The molecule has 168 valence electrons. The second-order valence-corrected chi connectivity index (χ2v) is 8.58. The first-order valence-electron chi connectivity index (χ1n) is 10.6. The summed E-state index contributed by atoms with van der Waals surface area (Å²) in [6.45, 7) is 3.66. The Hall–Kier alpha value is -2.97. The number of hydrogen-bond donors (Lipinski definition) is 1. The SMILES string of the molecule is Cc1nc(N2CCC(N(C)C)CC2)nc2ccc(NC(=O)COc3ccc(Cl)cc3)nc12. The number of pyridine rings is 1. The topological polar surface area (TPSA) is 83.5 Å². The van der Waals surface area contributed by atoms with Crippen LogP contribution in [-0.4, -0.2) is 65.6 Å². The Bertz CT molecular complexity index is 1100. The third kappa shape index (κ3) is 5.26. The van der Waals surface area contributed by atoms with E-state index in [1.165, 1.54) is 0 Å². The zero-order valence-electron chi connectivity index (χ0n) is 18.5. The van der Waals surface area contributed by atoms with Gasteiger partial charge in [-0.3, -0.25) is 4.79 Å². The number of nitrogens with one attached hydrogen (secondary N) is 1. The van der Waals surface area contributed by atoms with Crippen molar-refractivity contribution in [1.82, 2.24) is 19.9 Å². The molecule has 1 saturated heterocycles. The van der Waals surface area contributed by atoms with Crippen LogP contribution in [0.15, 0.2) is 36.4 Å². The Morgan fingerprint density at radius 1 is 1.12 bits per heavy atom. The Labute approximate surface area is 192 Å². The van der Waals surface area contributed by atoms with Gasteiger partial charge < -0.3 is 19.9 Å². The van der Waals surface area contributed by atoms with Crippen molar-refractivity contribution in [1.29, 1.82) is 0 Å². The number of amides is 1. The maximum Gasteiger partial charge on any atom is 0.263 e. The summed E-state index contributed by atoms with van der Waals surface area (Å²) in [6, 6.07) is 11.1. The normalized spacial score (nSPS) is 14.7. The number of rotatable bonds is 6. The predicted molar refractivity (Wildman–Crippen MR) is 127 cm³/mol. The summed E-state index contributed by atoms with van der Waals surface area (Å²) < 4.78 is 5.48. The number of nitrogens with zero attached hydrogens (tertiary/aromatic N) is 5. The molecule has 0 atom stereocenters. The first-order chi connectivity index (χ1) is 15.4. The second kappa shape index (κ2) is 9.67. The van der Waals surface area contributed by atoms with Crippen molar-refractivity contribution in [2.45, 2.75) is 25.8 Å². The zero-order valence-corrected chi connectivity index (χ0v) is 19.3. The maximum absolute atomic E-state index is 12.3. The molecule has 0 aliphatic carbocycles. The van der Waals surface area contributed by atoms with Gasteiger partial charge in [0.1, 0.15) is 17.1 Å². The summed E-state index contributed by atoms with van der Waals surface area (Å²) in [4.78, 5) is 30.7. The molecule has 8 nitrogen and oxygen atoms in total. The summed E-state index contributed by atoms with van der Waals surface area (Å²) in [6.07, 6.45) is 2.18. The summed E-state index contributed by atoms with van der Waals surface area (Å²) in [5.74, 6) is 1.45. The van der Waals surface area contributed by atoms with Gasteiger partial charge in [0.2, 0.25) is 5.95 Å². The second-order valence-electron chi connectivity index (χ2n) is 8.15. The van der Waals surface area contributed by atoms with E-state index in [0.29, 0.717) is 28.1 Å². The number of benzene rings is 1. The van der Waals surface area contributed by atoms with E-state index in [2.05, 4.69) is 39.2 Å². The van der Waals surface area contributed by atoms with Crippen LogP contribution in [0.4, 0.5) is 11.8 Å². The van der Waals surface area contributed by atoms with Gasteiger partial charge in [0.25, 0.3) is 5.91 Å². The minimum Gasteiger partial charge on any atom is -0.484 e. The standard InChI is InChI=1S/C23H27ClN6O2/c1-15-22-19(26-23(25-15)30-12-10-17(11-13-30)29(2)3)8-9-20(28-22)27-21(31)14-32-18-6-4-16(24)5-7-18/h4-9,17H,10-14H2,1-3H3,(H,27,28,31). The number of aromatic nitrogens is 3. The van der Waals surface area contributed by atoms with Gasteiger partial charge in [-0.15, -0.1) is 0 Å². The van der Waals surface area contributed by atoms with Crippen molar-refractivity contribution in [2.24, 2.45) is 0 Å². The smallest absolute Gasteiger partial charge is 0.263 e. The molecule has 1 aliphatic heterocycles. The summed E-state index contributed by atoms with van der Waals surface area (Å²) in [7, 11) is 4.26. The molecule has 0 spiro atoms. The van der Waals surface area contributed by atoms with Gasteiger partial charge in [-0.05, 0) is 70.3 Å². The van der Waals surface area contributed by atoms with E-state index in [4.69, 9.17) is 21.3 Å². The number of halogens is 1. The van der Waals surface area contributed by atoms with E-state index in [-0.39, 0.29) is 12.5 Å². The van der Waals surface area contributed by atoms with E-state index >= 15 is 0 Å². The lowest BCUT2D eigenvalue weighted by atomic mass is 10.0. The monoisotopic (exact) mass is 454 g/mol. The van der Waals surface area contributed by atoms with Gasteiger partial charge in [-0.2, -0.15) is 0 Å². The van der Waals surface area contributed by atoms with Crippen LogP contribution < -0.4 is 15.0 Å². The molecule has 4 rings (SSSR count). The molecule has 1 aliphatic rings. The lowest BCUT2D eigenvalue weighted by Gasteiger charge is -2.35. The van der Waals surface area contributed by atoms with Gasteiger partial charge in [0.15, 0.2) is 6.61 Å². The fourth-order valence-electron chi connectivity index (χ4n) is 3.80. The van der Waals surface area contributed by atoms with Gasteiger partial charge in [-0.25, -0.2) is 15.0 Å². The highest BCUT2D eigenvalue weighted by Gasteiger charge is 2.23. The Morgan fingerprint density at radius 2 is 1.84 bits per heavy atom. The fraction of sp³-hybridized carbons (Fsp3) is 0.391. The average molecular weight is 455 g/mol. The Balaban J connectivity index is 1.41. The third-order valence-corrected chi connectivity index (χ3v) is 5.89. The predicted octanol–water partition coefficient (Wildman–Crippen LogP) is 3.53. The fourth-order valence-corrected chi connectivity index (χ4v) is 3.92. The number of hydrogen-bond acceptors (Lipinski definition) is 7.